The third-order valence-electron chi connectivity index (χ3n) is 5.14. The van der Waals surface area contributed by atoms with Gasteiger partial charge in [0, 0.05) is 48.6 Å². The van der Waals surface area contributed by atoms with Crippen LogP contribution in [0.2, 0.25) is 0 Å². The molecule has 0 radical (unpaired) electrons. The molecule has 6 rings (SSSR count). The van der Waals surface area contributed by atoms with Gasteiger partial charge in [0.1, 0.15) is 11.6 Å². The first-order valence-electron chi connectivity index (χ1n) is 12.9. The quantitative estimate of drug-likeness (QED) is 0.101. The monoisotopic (exact) mass is 874 g/mol. The number of pyridine rings is 4. The molecule has 0 bridgehead atoms. The van der Waals surface area contributed by atoms with Gasteiger partial charge >= 0.3 is 53.1 Å². The molecule has 0 atom stereocenters. The number of halogens is 10. The number of rotatable bonds is 3. The van der Waals surface area contributed by atoms with Crippen LogP contribution in [0.25, 0.3) is 33.9 Å². The van der Waals surface area contributed by atoms with Crippen LogP contribution in [0, 0.1) is 35.4 Å². The van der Waals surface area contributed by atoms with Crippen LogP contribution in [0.5, 0.6) is 0 Å². The zero-order valence-corrected chi connectivity index (χ0v) is 27.2. The van der Waals surface area contributed by atoms with Crippen molar-refractivity contribution in [2.75, 3.05) is 0 Å². The van der Waals surface area contributed by atoms with Gasteiger partial charge in [0.2, 0.25) is 0 Å². The fourth-order valence-electron chi connectivity index (χ4n) is 3.26. The zero-order valence-electron chi connectivity index (χ0n) is 23.9. The minimum atomic E-state index is -10.7. The summed E-state index contributed by atoms with van der Waals surface area (Å²) in [4.78, 5) is 16.0. The molecule has 2 aromatic carbocycles. The van der Waals surface area contributed by atoms with E-state index in [1.54, 1.807) is 24.5 Å². The third-order valence-corrected chi connectivity index (χ3v) is 5.14. The maximum atomic E-state index is 12.8. The van der Waals surface area contributed by atoms with Crippen molar-refractivity contribution in [3.8, 4) is 33.9 Å². The number of benzene rings is 2. The van der Waals surface area contributed by atoms with E-state index in [9.17, 15) is 42.7 Å². The van der Waals surface area contributed by atoms with E-state index in [1.807, 2.05) is 36.4 Å². The Morgan fingerprint density at radius 1 is 0.417 bits per heavy atom. The van der Waals surface area contributed by atoms with Crippen LogP contribution in [-0.4, -0.2) is 19.9 Å². The Balaban J connectivity index is 0.000000227. The van der Waals surface area contributed by atoms with E-state index in [-0.39, 0.29) is 31.7 Å². The molecule has 252 valence electrons. The normalized spacial score (nSPS) is 11.7. The van der Waals surface area contributed by atoms with Gasteiger partial charge in [-0.05, 0) is 35.7 Å². The second-order valence-electron chi connectivity index (χ2n) is 8.95. The first-order valence-corrected chi connectivity index (χ1v) is 14.9. The van der Waals surface area contributed by atoms with Gasteiger partial charge in [-0.25, -0.2) is 8.78 Å². The molecule has 0 aliphatic carbocycles. The van der Waals surface area contributed by atoms with Gasteiger partial charge in [-0.15, -0.1) is 59.7 Å². The summed E-state index contributed by atoms with van der Waals surface area (Å²) in [6, 6.07) is 30.4. The molecule has 0 unspecified atom stereocenters. The summed E-state index contributed by atoms with van der Waals surface area (Å²) in [5, 5.41) is 0. The number of hydrogen-bond donors (Lipinski definition) is 0. The predicted octanol–water partition coefficient (Wildman–Crippen LogP) is 11.2. The van der Waals surface area contributed by atoms with Crippen LogP contribution in [-0.2, 0) is 20.1 Å². The van der Waals surface area contributed by atoms with E-state index in [4.69, 9.17) is 0 Å². The Kier molecular flexibility index (Phi) is 13.6. The summed E-state index contributed by atoms with van der Waals surface area (Å²) in [6.45, 7) is 0. The van der Waals surface area contributed by atoms with Crippen molar-refractivity contribution in [2.45, 2.75) is 0 Å². The first-order chi connectivity index (χ1) is 21.9. The fraction of sp³-hybridized carbons (Fsp3) is 0. The second-order valence-corrected chi connectivity index (χ2v) is 10.9. The standard InChI is InChI=1S/2C11H7FN.C10H6F2N2.F6P.Ir/c2*12-10-6-4-9(5-7-10)11-3-1-2-8-13-11;11-7-1-3-13-9(5-7)10-6-8(12)2-4-14-10;1-7(2,3,4,5)6;/h2*1-4,6-8H;1-6H;;/q2*-1;;-1;+3. The van der Waals surface area contributed by atoms with Crippen molar-refractivity contribution in [1.82, 2.24) is 19.9 Å². The molecule has 0 fully saturated rings. The minimum absolute atomic E-state index is 0. The van der Waals surface area contributed by atoms with Crippen molar-refractivity contribution in [1.29, 1.82) is 0 Å². The maximum absolute atomic E-state index is 12.8. The van der Waals surface area contributed by atoms with Gasteiger partial charge in [-0.3, -0.25) is 18.7 Å². The van der Waals surface area contributed by atoms with Crippen LogP contribution in [0.1, 0.15) is 0 Å². The number of hydrogen-bond acceptors (Lipinski definition) is 4. The average Bonchev–Trinajstić information content (AvgIpc) is 3.02. The molecule has 16 heteroatoms. The smallest absolute Gasteiger partial charge is 0.305 e. The molecule has 0 amide bonds. The molecule has 4 heterocycles. The fourth-order valence-corrected chi connectivity index (χ4v) is 3.26. The summed E-state index contributed by atoms with van der Waals surface area (Å²) < 4.78 is 110. The van der Waals surface area contributed by atoms with E-state index >= 15 is 0 Å². The maximum Gasteiger partial charge on any atom is 3.00 e. The van der Waals surface area contributed by atoms with Crippen molar-refractivity contribution < 1.29 is 62.8 Å². The Morgan fingerprint density at radius 2 is 0.771 bits per heavy atom. The van der Waals surface area contributed by atoms with Crippen molar-refractivity contribution in [3.05, 3.63) is 157 Å². The van der Waals surface area contributed by atoms with Gasteiger partial charge < -0.3 is 9.97 Å². The molecular weight excluding hydrogens is 854 g/mol. The van der Waals surface area contributed by atoms with Crippen LogP contribution in [0.15, 0.2) is 122 Å². The van der Waals surface area contributed by atoms with Crippen molar-refractivity contribution >= 4 is 7.81 Å². The predicted molar refractivity (Wildman–Crippen MR) is 158 cm³/mol. The summed E-state index contributed by atoms with van der Waals surface area (Å²) in [6.07, 6.45) is 6.04. The molecule has 48 heavy (non-hydrogen) atoms. The Labute approximate surface area is 281 Å². The Hall–Kier alpha value is -4.58. The molecule has 0 aliphatic heterocycles. The number of nitrogens with zero attached hydrogens (tertiary/aromatic N) is 4. The second kappa shape index (κ2) is 16.5. The Bertz CT molecular complexity index is 1720. The van der Waals surface area contributed by atoms with E-state index in [0.29, 0.717) is 11.4 Å². The largest absolute Gasteiger partial charge is 3.00 e. The summed E-state index contributed by atoms with van der Waals surface area (Å²) >= 11 is 0. The molecule has 6 aromatic rings. The molecule has 4 aromatic heterocycles. The van der Waals surface area contributed by atoms with E-state index in [1.165, 1.54) is 60.9 Å². The summed E-state index contributed by atoms with van der Waals surface area (Å²) in [5.74, 6) is -1.39. The van der Waals surface area contributed by atoms with Crippen LogP contribution >= 0.6 is 7.81 Å². The molecule has 0 N–H and O–H groups in total. The zero-order chi connectivity index (χ0) is 34.6. The first kappa shape index (κ1) is 39.6. The summed E-state index contributed by atoms with van der Waals surface area (Å²) in [5.41, 5.74) is 3.88. The van der Waals surface area contributed by atoms with Gasteiger partial charge in [0.25, 0.3) is 0 Å². The van der Waals surface area contributed by atoms with Gasteiger partial charge in [-0.1, -0.05) is 24.3 Å². The van der Waals surface area contributed by atoms with E-state index in [0.717, 1.165) is 22.5 Å². The number of aromatic nitrogens is 4. The van der Waals surface area contributed by atoms with Crippen LogP contribution in [0.3, 0.4) is 0 Å². The average molecular weight is 874 g/mol. The van der Waals surface area contributed by atoms with Crippen LogP contribution in [0.4, 0.5) is 42.7 Å². The molecular formula is C32H20F10IrN4P. The molecule has 0 saturated carbocycles. The van der Waals surface area contributed by atoms with Crippen molar-refractivity contribution in [2.24, 2.45) is 0 Å². The molecule has 4 nitrogen and oxygen atoms in total. The summed E-state index contributed by atoms with van der Waals surface area (Å²) in [7, 11) is -10.7. The Morgan fingerprint density at radius 3 is 1.04 bits per heavy atom. The van der Waals surface area contributed by atoms with Crippen LogP contribution < -0.4 is 0 Å². The molecule has 0 spiro atoms. The van der Waals surface area contributed by atoms with Gasteiger partial charge in [0.05, 0.1) is 11.4 Å². The van der Waals surface area contributed by atoms with E-state index in [2.05, 4.69) is 32.1 Å². The van der Waals surface area contributed by atoms with Gasteiger partial charge in [0.15, 0.2) is 0 Å². The SMILES string of the molecule is F[P-](F)(F)(F)(F)F.Fc1c[c-]c(-c2ccccn2)cc1.Fc1c[c-]c(-c2ccccn2)cc1.Fc1ccnc(-c2cc(F)ccn2)c1.[Ir+3]. The molecule has 0 aliphatic rings. The third kappa shape index (κ3) is 16.8. The molecule has 0 saturated heterocycles. The van der Waals surface area contributed by atoms with Gasteiger partial charge in [-0.2, -0.15) is 0 Å². The van der Waals surface area contributed by atoms with Crippen molar-refractivity contribution in [3.63, 3.8) is 0 Å². The topological polar surface area (TPSA) is 51.6 Å². The van der Waals surface area contributed by atoms with E-state index < -0.39 is 19.4 Å². The minimum Gasteiger partial charge on any atom is -0.305 e.